The van der Waals surface area contributed by atoms with Gasteiger partial charge in [-0.25, -0.2) is 8.42 Å². The van der Waals surface area contributed by atoms with Gasteiger partial charge in [-0.2, -0.15) is 13.2 Å². The molecule has 2 aromatic rings. The number of halogens is 4. The predicted molar refractivity (Wildman–Crippen MR) is 118 cm³/mol. The van der Waals surface area contributed by atoms with E-state index >= 15 is 0 Å². The van der Waals surface area contributed by atoms with Crippen LogP contribution in [-0.4, -0.2) is 40.3 Å². The summed E-state index contributed by atoms with van der Waals surface area (Å²) in [6, 6.07) is 10.3. The van der Waals surface area contributed by atoms with Crippen molar-refractivity contribution in [3.8, 4) is 5.75 Å². The number of nitrogens with one attached hydrogen (secondary N) is 1. The summed E-state index contributed by atoms with van der Waals surface area (Å²) < 4.78 is 70.7. The van der Waals surface area contributed by atoms with E-state index in [1.54, 1.807) is 0 Å². The number of hydrogen-bond acceptors (Lipinski definition) is 4. The average Bonchev–Trinajstić information content (AvgIpc) is 2.68. The zero-order chi connectivity index (χ0) is 23.9. The lowest BCUT2D eigenvalue weighted by molar-refractivity contribution is -0.137. The topological polar surface area (TPSA) is 75.7 Å². The summed E-state index contributed by atoms with van der Waals surface area (Å²) in [5.41, 5.74) is -0.732. The van der Waals surface area contributed by atoms with Crippen molar-refractivity contribution < 1.29 is 31.1 Å². The second-order valence-electron chi connectivity index (χ2n) is 7.06. The van der Waals surface area contributed by atoms with Crippen molar-refractivity contribution >= 4 is 33.2 Å². The molecule has 1 amide bonds. The molecule has 6 nitrogen and oxygen atoms in total. The van der Waals surface area contributed by atoms with Crippen LogP contribution in [0.5, 0.6) is 5.75 Å². The first-order valence-electron chi connectivity index (χ1n) is 9.69. The first-order chi connectivity index (χ1) is 14.9. The number of nitrogens with zero attached hydrogens (tertiary/aromatic N) is 1. The highest BCUT2D eigenvalue weighted by Crippen LogP contribution is 2.39. The molecule has 0 saturated heterocycles. The van der Waals surface area contributed by atoms with Crippen molar-refractivity contribution in [2.24, 2.45) is 0 Å². The minimum atomic E-state index is -4.79. The van der Waals surface area contributed by atoms with Gasteiger partial charge in [-0.15, -0.1) is 0 Å². The second-order valence-corrected chi connectivity index (χ2v) is 9.41. The molecular formula is C21H24ClF3N2O4S. The van der Waals surface area contributed by atoms with Crippen molar-refractivity contribution in [3.63, 3.8) is 0 Å². The summed E-state index contributed by atoms with van der Waals surface area (Å²) in [4.78, 5) is 12.0. The molecule has 0 saturated carbocycles. The van der Waals surface area contributed by atoms with Crippen molar-refractivity contribution in [2.45, 2.75) is 25.9 Å². The third-order valence-corrected chi connectivity index (χ3v) is 5.89. The van der Waals surface area contributed by atoms with E-state index < -0.39 is 27.5 Å². The summed E-state index contributed by atoms with van der Waals surface area (Å²) in [6.07, 6.45) is -4.02. The van der Waals surface area contributed by atoms with Crippen LogP contribution in [-0.2, 0) is 21.0 Å². The van der Waals surface area contributed by atoms with Crippen LogP contribution in [0.15, 0.2) is 42.5 Å². The van der Waals surface area contributed by atoms with E-state index in [-0.39, 0.29) is 43.5 Å². The zero-order valence-electron chi connectivity index (χ0n) is 17.6. The quantitative estimate of drug-likeness (QED) is 0.498. The van der Waals surface area contributed by atoms with Crippen LogP contribution in [0.25, 0.3) is 0 Å². The molecule has 32 heavy (non-hydrogen) atoms. The van der Waals surface area contributed by atoms with E-state index in [4.69, 9.17) is 16.3 Å². The number of carbonyl (C=O) groups is 1. The van der Waals surface area contributed by atoms with Crippen LogP contribution in [0.4, 0.5) is 18.9 Å². The molecule has 0 aliphatic rings. The first-order valence-corrected chi connectivity index (χ1v) is 11.9. The molecule has 0 aromatic heterocycles. The van der Waals surface area contributed by atoms with Crippen LogP contribution in [0.1, 0.15) is 24.0 Å². The Hall–Kier alpha value is -2.46. The van der Waals surface area contributed by atoms with Gasteiger partial charge in [0.05, 0.1) is 24.1 Å². The molecule has 176 valence electrons. The molecular weight excluding hydrogens is 469 g/mol. The molecule has 0 radical (unpaired) electrons. The fraction of sp³-hybridized carbons (Fsp3) is 0.381. The summed E-state index contributed by atoms with van der Waals surface area (Å²) >= 11 is 5.66. The summed E-state index contributed by atoms with van der Waals surface area (Å²) in [6.45, 7) is 2.08. The summed E-state index contributed by atoms with van der Waals surface area (Å²) in [5, 5.41) is 2.47. The van der Waals surface area contributed by atoms with Crippen LogP contribution >= 0.6 is 11.6 Å². The molecule has 11 heteroatoms. The lowest BCUT2D eigenvalue weighted by Gasteiger charge is -2.25. The number of amides is 1. The maximum absolute atomic E-state index is 13.4. The highest BCUT2D eigenvalue weighted by atomic mass is 35.5. The van der Waals surface area contributed by atoms with Crippen LogP contribution < -0.4 is 14.4 Å². The van der Waals surface area contributed by atoms with Gasteiger partial charge in [-0.3, -0.25) is 9.10 Å². The largest absolute Gasteiger partial charge is 0.491 e. The number of para-hydroxylation sites is 1. The number of rotatable bonds is 10. The Labute approximate surface area is 190 Å². The number of benzene rings is 2. The lowest BCUT2D eigenvalue weighted by Crippen LogP contribution is -2.34. The van der Waals surface area contributed by atoms with E-state index in [1.807, 2.05) is 31.2 Å². The molecule has 2 aromatic carbocycles. The van der Waals surface area contributed by atoms with Gasteiger partial charge in [0.25, 0.3) is 0 Å². The van der Waals surface area contributed by atoms with Crippen LogP contribution in [0.3, 0.4) is 0 Å². The third kappa shape index (κ3) is 7.59. The van der Waals surface area contributed by atoms with Gasteiger partial charge in [0, 0.05) is 18.0 Å². The molecule has 0 spiro atoms. The number of sulfonamides is 1. The second kappa shape index (κ2) is 10.9. The Kier molecular flexibility index (Phi) is 8.80. The number of hydrogen-bond donors (Lipinski definition) is 1. The third-order valence-electron chi connectivity index (χ3n) is 4.47. The smallest absolute Gasteiger partial charge is 0.418 e. The monoisotopic (exact) mass is 492 g/mol. The van der Waals surface area contributed by atoms with Crippen LogP contribution in [0, 0.1) is 6.92 Å². The molecule has 0 heterocycles. The summed E-state index contributed by atoms with van der Waals surface area (Å²) in [5.74, 6) is 0.341. The van der Waals surface area contributed by atoms with Crippen molar-refractivity contribution in [3.05, 3.63) is 58.6 Å². The number of aryl methyl sites for hydroxylation is 1. The van der Waals surface area contributed by atoms with Gasteiger partial charge in [0.1, 0.15) is 12.4 Å². The van der Waals surface area contributed by atoms with E-state index in [2.05, 4.69) is 5.32 Å². The Balaban J connectivity index is 1.93. The molecule has 1 N–H and O–H groups in total. The molecule has 0 aliphatic carbocycles. The molecule has 2 rings (SSSR count). The Morgan fingerprint density at radius 2 is 1.88 bits per heavy atom. The van der Waals surface area contributed by atoms with Crippen molar-refractivity contribution in [1.82, 2.24) is 5.32 Å². The highest BCUT2D eigenvalue weighted by Gasteiger charge is 2.36. The van der Waals surface area contributed by atoms with Gasteiger partial charge < -0.3 is 10.1 Å². The van der Waals surface area contributed by atoms with Gasteiger partial charge >= 0.3 is 6.18 Å². The van der Waals surface area contributed by atoms with Gasteiger partial charge in [0.15, 0.2) is 0 Å². The average molecular weight is 493 g/mol. The molecule has 0 aliphatic heterocycles. The molecule has 0 unspecified atom stereocenters. The number of ether oxygens (including phenoxy) is 1. The van der Waals surface area contributed by atoms with Gasteiger partial charge in [0.2, 0.25) is 15.9 Å². The van der Waals surface area contributed by atoms with Crippen molar-refractivity contribution in [2.75, 3.05) is 30.3 Å². The maximum Gasteiger partial charge on any atom is 0.418 e. The SMILES string of the molecule is Cc1ccccc1OCCNC(=O)CCCN(c1ccc(Cl)cc1C(F)(F)F)S(C)(=O)=O. The van der Waals surface area contributed by atoms with Gasteiger partial charge in [-0.05, 0) is 43.2 Å². The Morgan fingerprint density at radius 3 is 2.50 bits per heavy atom. The fourth-order valence-electron chi connectivity index (χ4n) is 2.96. The maximum atomic E-state index is 13.4. The minimum Gasteiger partial charge on any atom is -0.491 e. The standard InChI is InChI=1S/C21H24ClF3N2O4S/c1-15-6-3-4-7-19(15)31-13-11-26-20(28)8-5-12-27(32(2,29)30)18-10-9-16(22)14-17(18)21(23,24)25/h3-4,6-7,9-10,14H,5,8,11-13H2,1-2H3,(H,26,28). The van der Waals surface area contributed by atoms with Crippen LogP contribution in [0.2, 0.25) is 5.02 Å². The van der Waals surface area contributed by atoms with E-state index in [0.717, 1.165) is 17.9 Å². The molecule has 0 bridgehead atoms. The first kappa shape index (κ1) is 25.8. The van der Waals surface area contributed by atoms with E-state index in [0.29, 0.717) is 16.1 Å². The van der Waals surface area contributed by atoms with E-state index in [1.165, 1.54) is 6.07 Å². The lowest BCUT2D eigenvalue weighted by atomic mass is 10.1. The minimum absolute atomic E-state index is 0.0253. The molecule has 0 fully saturated rings. The Bertz CT molecular complexity index is 1050. The predicted octanol–water partition coefficient (Wildman–Crippen LogP) is 4.41. The number of alkyl halides is 3. The van der Waals surface area contributed by atoms with Crippen molar-refractivity contribution in [1.29, 1.82) is 0 Å². The Morgan fingerprint density at radius 1 is 1.19 bits per heavy atom. The number of carbonyl (C=O) groups excluding carboxylic acids is 1. The fourth-order valence-corrected chi connectivity index (χ4v) is 4.11. The van der Waals surface area contributed by atoms with Gasteiger partial charge in [-0.1, -0.05) is 29.8 Å². The number of anilines is 1. The molecule has 0 atom stereocenters. The van der Waals surface area contributed by atoms with E-state index in [9.17, 15) is 26.4 Å². The zero-order valence-corrected chi connectivity index (χ0v) is 19.1. The highest BCUT2D eigenvalue weighted by molar-refractivity contribution is 7.92. The summed E-state index contributed by atoms with van der Waals surface area (Å²) in [7, 11) is -4.03. The normalized spacial score (nSPS) is 11.8.